The van der Waals surface area contributed by atoms with Gasteiger partial charge in [0.15, 0.2) is 0 Å². The van der Waals surface area contributed by atoms with Gasteiger partial charge in [0.05, 0.1) is 0 Å². The Hall–Kier alpha value is -0.600. The van der Waals surface area contributed by atoms with Gasteiger partial charge in [0.2, 0.25) is 0 Å². The molecule has 1 saturated heterocycles. The predicted octanol–water partition coefficient (Wildman–Crippen LogP) is 2.91. The van der Waals surface area contributed by atoms with Gasteiger partial charge in [-0.25, -0.2) is 0 Å². The molecule has 1 N–H and O–H groups in total. The van der Waals surface area contributed by atoms with E-state index < -0.39 is 0 Å². The molecule has 1 aliphatic heterocycles. The molecule has 0 atom stereocenters. The standard InChI is InChI=1S/C11H15NS/c1-3-10(5-7-12-6-1)9-11-4-2-8-13-11/h2,4,8-9,12H,1,3,5-7H2/b10-9+. The van der Waals surface area contributed by atoms with Crippen LogP contribution >= 0.6 is 11.3 Å². The van der Waals surface area contributed by atoms with E-state index in [1.54, 1.807) is 5.57 Å². The molecule has 0 bridgehead atoms. The lowest BCUT2D eigenvalue weighted by molar-refractivity contribution is 0.703. The Labute approximate surface area is 83.5 Å². The number of rotatable bonds is 1. The van der Waals surface area contributed by atoms with Crippen molar-refractivity contribution in [2.75, 3.05) is 13.1 Å². The van der Waals surface area contributed by atoms with E-state index >= 15 is 0 Å². The first-order valence-corrected chi connectivity index (χ1v) is 5.77. The monoisotopic (exact) mass is 193 g/mol. The summed E-state index contributed by atoms with van der Waals surface area (Å²) in [5.41, 5.74) is 1.60. The molecular formula is C11H15NS. The molecule has 0 aromatic carbocycles. The molecule has 2 heteroatoms. The van der Waals surface area contributed by atoms with E-state index in [2.05, 4.69) is 28.9 Å². The van der Waals surface area contributed by atoms with Gasteiger partial charge in [0.1, 0.15) is 0 Å². The van der Waals surface area contributed by atoms with Gasteiger partial charge in [-0.15, -0.1) is 11.3 Å². The van der Waals surface area contributed by atoms with E-state index in [9.17, 15) is 0 Å². The van der Waals surface area contributed by atoms with Crippen molar-refractivity contribution >= 4 is 17.4 Å². The van der Waals surface area contributed by atoms with Crippen LogP contribution in [0.15, 0.2) is 23.1 Å². The third kappa shape index (κ3) is 2.68. The molecule has 0 saturated carbocycles. The largest absolute Gasteiger partial charge is 0.316 e. The third-order valence-electron chi connectivity index (χ3n) is 2.36. The van der Waals surface area contributed by atoms with Crippen molar-refractivity contribution in [2.45, 2.75) is 19.3 Å². The van der Waals surface area contributed by atoms with Crippen LogP contribution in [0.25, 0.3) is 6.08 Å². The summed E-state index contributed by atoms with van der Waals surface area (Å²) >= 11 is 1.83. The smallest absolute Gasteiger partial charge is 0.0269 e. The van der Waals surface area contributed by atoms with Gasteiger partial charge in [-0.1, -0.05) is 11.6 Å². The van der Waals surface area contributed by atoms with Gasteiger partial charge in [0, 0.05) is 4.88 Å². The predicted molar refractivity (Wildman–Crippen MR) is 59.0 cm³/mol. The molecule has 0 radical (unpaired) electrons. The van der Waals surface area contributed by atoms with Crippen molar-refractivity contribution in [1.29, 1.82) is 0 Å². The lowest BCUT2D eigenvalue weighted by Gasteiger charge is -1.99. The quantitative estimate of drug-likeness (QED) is 0.723. The van der Waals surface area contributed by atoms with E-state index in [1.807, 2.05) is 11.3 Å². The lowest BCUT2D eigenvalue weighted by atomic mass is 10.1. The molecular weight excluding hydrogens is 178 g/mol. The maximum Gasteiger partial charge on any atom is 0.0269 e. The minimum absolute atomic E-state index is 1.15. The second-order valence-electron chi connectivity index (χ2n) is 3.42. The van der Waals surface area contributed by atoms with E-state index in [-0.39, 0.29) is 0 Å². The van der Waals surface area contributed by atoms with Crippen molar-refractivity contribution in [3.05, 3.63) is 28.0 Å². The Morgan fingerprint density at radius 1 is 1.31 bits per heavy atom. The van der Waals surface area contributed by atoms with Crippen molar-refractivity contribution < 1.29 is 0 Å². The average molecular weight is 193 g/mol. The Morgan fingerprint density at radius 2 is 2.31 bits per heavy atom. The molecule has 0 aliphatic carbocycles. The van der Waals surface area contributed by atoms with Crippen LogP contribution in [0, 0.1) is 0 Å². The summed E-state index contributed by atoms with van der Waals surface area (Å²) in [4.78, 5) is 1.40. The number of thiophene rings is 1. The zero-order valence-corrected chi connectivity index (χ0v) is 8.57. The third-order valence-corrected chi connectivity index (χ3v) is 3.18. The van der Waals surface area contributed by atoms with E-state index in [1.165, 1.54) is 30.7 Å². The van der Waals surface area contributed by atoms with E-state index in [0.29, 0.717) is 0 Å². The number of hydrogen-bond donors (Lipinski definition) is 1. The first kappa shape index (κ1) is 8.97. The molecule has 0 spiro atoms. The highest BCUT2D eigenvalue weighted by Crippen LogP contribution is 2.19. The minimum Gasteiger partial charge on any atom is -0.316 e. The second kappa shape index (κ2) is 4.58. The van der Waals surface area contributed by atoms with Crippen molar-refractivity contribution in [3.63, 3.8) is 0 Å². The number of hydrogen-bond acceptors (Lipinski definition) is 2. The van der Waals surface area contributed by atoms with Crippen molar-refractivity contribution in [3.8, 4) is 0 Å². The zero-order valence-electron chi connectivity index (χ0n) is 7.75. The molecule has 1 aliphatic rings. The first-order chi connectivity index (χ1) is 6.45. The van der Waals surface area contributed by atoms with Crippen LogP contribution < -0.4 is 5.32 Å². The van der Waals surface area contributed by atoms with Crippen LogP contribution in [0.4, 0.5) is 0 Å². The van der Waals surface area contributed by atoms with Gasteiger partial charge in [-0.2, -0.15) is 0 Å². The van der Waals surface area contributed by atoms with E-state index in [4.69, 9.17) is 0 Å². The Bertz CT molecular complexity index is 264. The summed E-state index contributed by atoms with van der Waals surface area (Å²) in [7, 11) is 0. The normalized spacial score (nSPS) is 21.7. The number of nitrogens with one attached hydrogen (secondary N) is 1. The Kier molecular flexibility index (Phi) is 3.16. The fraction of sp³-hybridized carbons (Fsp3) is 0.455. The molecule has 0 amide bonds. The van der Waals surface area contributed by atoms with Crippen LogP contribution in [0.1, 0.15) is 24.1 Å². The summed E-state index contributed by atoms with van der Waals surface area (Å²) in [5.74, 6) is 0. The second-order valence-corrected chi connectivity index (χ2v) is 4.40. The van der Waals surface area contributed by atoms with Gasteiger partial charge in [0.25, 0.3) is 0 Å². The summed E-state index contributed by atoms with van der Waals surface area (Å²) in [6.07, 6.45) is 6.14. The summed E-state index contributed by atoms with van der Waals surface area (Å²) in [6.45, 7) is 2.33. The van der Waals surface area contributed by atoms with Crippen LogP contribution in [0.2, 0.25) is 0 Å². The molecule has 2 heterocycles. The Morgan fingerprint density at radius 3 is 3.15 bits per heavy atom. The summed E-state index contributed by atoms with van der Waals surface area (Å²) in [5, 5.41) is 5.56. The van der Waals surface area contributed by atoms with E-state index in [0.717, 1.165) is 6.54 Å². The van der Waals surface area contributed by atoms with Gasteiger partial charge in [-0.3, -0.25) is 0 Å². The van der Waals surface area contributed by atoms with Crippen LogP contribution in [-0.2, 0) is 0 Å². The highest BCUT2D eigenvalue weighted by molar-refractivity contribution is 7.10. The van der Waals surface area contributed by atoms with Crippen LogP contribution in [0.3, 0.4) is 0 Å². The highest BCUT2D eigenvalue weighted by atomic mass is 32.1. The maximum absolute atomic E-state index is 3.42. The molecule has 1 nitrogen and oxygen atoms in total. The SMILES string of the molecule is C(=C1/CCCNCC1)/c1cccs1. The summed E-state index contributed by atoms with van der Waals surface area (Å²) < 4.78 is 0. The topological polar surface area (TPSA) is 12.0 Å². The average Bonchev–Trinajstić information content (AvgIpc) is 2.49. The molecule has 2 rings (SSSR count). The summed E-state index contributed by atoms with van der Waals surface area (Å²) in [6, 6.07) is 4.31. The molecule has 1 aromatic rings. The maximum atomic E-state index is 3.42. The molecule has 1 aromatic heterocycles. The molecule has 0 unspecified atom stereocenters. The fourth-order valence-electron chi connectivity index (χ4n) is 1.66. The minimum atomic E-state index is 1.15. The van der Waals surface area contributed by atoms with Gasteiger partial charge in [-0.05, 0) is 49.9 Å². The van der Waals surface area contributed by atoms with Crippen molar-refractivity contribution in [2.24, 2.45) is 0 Å². The van der Waals surface area contributed by atoms with Gasteiger partial charge < -0.3 is 5.32 Å². The highest BCUT2D eigenvalue weighted by Gasteiger charge is 2.03. The fourth-order valence-corrected chi connectivity index (χ4v) is 2.36. The van der Waals surface area contributed by atoms with Gasteiger partial charge >= 0.3 is 0 Å². The molecule has 13 heavy (non-hydrogen) atoms. The lowest BCUT2D eigenvalue weighted by Crippen LogP contribution is -2.13. The first-order valence-electron chi connectivity index (χ1n) is 4.89. The van der Waals surface area contributed by atoms with Crippen LogP contribution in [0.5, 0.6) is 0 Å². The van der Waals surface area contributed by atoms with Crippen molar-refractivity contribution in [1.82, 2.24) is 5.32 Å². The molecule has 1 fully saturated rings. The Balaban J connectivity index is 2.05. The van der Waals surface area contributed by atoms with Crippen LogP contribution in [-0.4, -0.2) is 13.1 Å². The zero-order chi connectivity index (χ0) is 8.93. The molecule has 70 valence electrons.